The van der Waals surface area contributed by atoms with E-state index in [1.165, 1.54) is 16.7 Å². The van der Waals surface area contributed by atoms with Crippen LogP contribution in [0.2, 0.25) is 0 Å². The van der Waals surface area contributed by atoms with Crippen molar-refractivity contribution < 1.29 is 14.2 Å². The lowest BCUT2D eigenvalue weighted by Crippen LogP contribution is -2.27. The summed E-state index contributed by atoms with van der Waals surface area (Å²) in [6.07, 6.45) is 1.07. The largest absolute Gasteiger partial charge is 0.497 e. The molecule has 1 unspecified atom stereocenters. The van der Waals surface area contributed by atoms with Gasteiger partial charge in [0.1, 0.15) is 11.5 Å². The average Bonchev–Trinajstić information content (AvgIpc) is 3.11. The summed E-state index contributed by atoms with van der Waals surface area (Å²) in [5.41, 5.74) is 4.22. The second-order valence-electron chi connectivity index (χ2n) is 6.46. The molecule has 3 heteroatoms. The molecular weight excluding hydrogens is 288 g/mol. The number of hydrogen-bond acceptors (Lipinski definition) is 3. The van der Waals surface area contributed by atoms with Gasteiger partial charge in [0.05, 0.1) is 27.4 Å². The van der Waals surface area contributed by atoms with E-state index in [4.69, 9.17) is 14.2 Å². The van der Waals surface area contributed by atoms with Gasteiger partial charge < -0.3 is 14.2 Å². The highest BCUT2D eigenvalue weighted by Crippen LogP contribution is 2.48. The molecule has 3 atom stereocenters. The summed E-state index contributed by atoms with van der Waals surface area (Å²) in [5.74, 6) is 3.38. The molecular formula is C20H22O3. The SMILES string of the molecule is COc1ccc(C2Cc3ccc(OC)cc3[C@@H]3COC[C@H]23)cc1. The highest BCUT2D eigenvalue weighted by atomic mass is 16.5. The second kappa shape index (κ2) is 5.89. The molecule has 120 valence electrons. The van der Waals surface area contributed by atoms with Gasteiger partial charge in [0.25, 0.3) is 0 Å². The van der Waals surface area contributed by atoms with E-state index in [1.807, 2.05) is 0 Å². The van der Waals surface area contributed by atoms with Crippen molar-refractivity contribution in [2.24, 2.45) is 5.92 Å². The third kappa shape index (κ3) is 2.49. The standard InChI is InChI=1S/C20H22O3/c1-21-15-6-3-13(4-7-15)17-9-14-5-8-16(22-2)10-18(14)20-12-23-11-19(17)20/h3-8,10,17,19-20H,9,11-12H2,1-2H3/t17?,19-,20+/m1/s1. The van der Waals surface area contributed by atoms with Crippen LogP contribution in [-0.2, 0) is 11.2 Å². The Kier molecular flexibility index (Phi) is 3.74. The summed E-state index contributed by atoms with van der Waals surface area (Å²) in [6, 6.07) is 15.0. The first kappa shape index (κ1) is 14.6. The molecule has 1 heterocycles. The number of ether oxygens (including phenoxy) is 3. The van der Waals surface area contributed by atoms with Crippen molar-refractivity contribution in [2.45, 2.75) is 18.3 Å². The lowest BCUT2D eigenvalue weighted by atomic mass is 9.68. The Bertz CT molecular complexity index is 693. The summed E-state index contributed by atoms with van der Waals surface area (Å²) in [6.45, 7) is 1.66. The van der Waals surface area contributed by atoms with Crippen LogP contribution in [0.4, 0.5) is 0 Å². The van der Waals surface area contributed by atoms with Crippen molar-refractivity contribution in [3.8, 4) is 11.5 Å². The minimum absolute atomic E-state index is 0.473. The number of fused-ring (bicyclic) bond motifs is 3. The van der Waals surface area contributed by atoms with Gasteiger partial charge in [-0.25, -0.2) is 0 Å². The predicted octanol–water partition coefficient (Wildman–Crippen LogP) is 3.77. The summed E-state index contributed by atoms with van der Waals surface area (Å²) in [7, 11) is 3.44. The fourth-order valence-electron chi connectivity index (χ4n) is 4.12. The molecule has 2 aromatic carbocycles. The Morgan fingerprint density at radius 2 is 1.61 bits per heavy atom. The lowest BCUT2D eigenvalue weighted by molar-refractivity contribution is 0.180. The van der Waals surface area contributed by atoms with E-state index in [9.17, 15) is 0 Å². The highest BCUT2D eigenvalue weighted by molar-refractivity contribution is 5.44. The molecule has 2 aromatic rings. The van der Waals surface area contributed by atoms with Gasteiger partial charge in [-0.3, -0.25) is 0 Å². The molecule has 0 radical (unpaired) electrons. The minimum Gasteiger partial charge on any atom is -0.497 e. The Labute approximate surface area is 137 Å². The van der Waals surface area contributed by atoms with Crippen LogP contribution in [0.1, 0.15) is 28.5 Å². The van der Waals surface area contributed by atoms with Crippen molar-refractivity contribution in [2.75, 3.05) is 27.4 Å². The number of hydrogen-bond donors (Lipinski definition) is 0. The van der Waals surface area contributed by atoms with Crippen LogP contribution in [0.15, 0.2) is 42.5 Å². The third-order valence-electron chi connectivity index (χ3n) is 5.38. The average molecular weight is 310 g/mol. The van der Waals surface area contributed by atoms with Crippen LogP contribution in [0.5, 0.6) is 11.5 Å². The summed E-state index contributed by atoms with van der Waals surface area (Å²) < 4.78 is 16.6. The molecule has 0 N–H and O–H groups in total. The van der Waals surface area contributed by atoms with Crippen LogP contribution in [0, 0.1) is 5.92 Å². The zero-order valence-electron chi connectivity index (χ0n) is 13.6. The van der Waals surface area contributed by atoms with Crippen LogP contribution in [0.3, 0.4) is 0 Å². The van der Waals surface area contributed by atoms with Crippen molar-refractivity contribution in [1.29, 1.82) is 0 Å². The van der Waals surface area contributed by atoms with E-state index in [0.29, 0.717) is 17.8 Å². The van der Waals surface area contributed by atoms with E-state index in [-0.39, 0.29) is 0 Å². The van der Waals surface area contributed by atoms with Crippen molar-refractivity contribution in [1.82, 2.24) is 0 Å². The topological polar surface area (TPSA) is 27.7 Å². The van der Waals surface area contributed by atoms with Crippen LogP contribution < -0.4 is 9.47 Å². The summed E-state index contributed by atoms with van der Waals surface area (Å²) in [5, 5.41) is 0. The van der Waals surface area contributed by atoms with Crippen molar-refractivity contribution >= 4 is 0 Å². The molecule has 1 aliphatic carbocycles. The van der Waals surface area contributed by atoms with Crippen molar-refractivity contribution in [3.63, 3.8) is 0 Å². The van der Waals surface area contributed by atoms with Crippen molar-refractivity contribution in [3.05, 3.63) is 59.2 Å². The molecule has 0 bridgehead atoms. The smallest absolute Gasteiger partial charge is 0.119 e. The van der Waals surface area contributed by atoms with Gasteiger partial charge in [-0.05, 0) is 59.2 Å². The predicted molar refractivity (Wildman–Crippen MR) is 89.5 cm³/mol. The third-order valence-corrected chi connectivity index (χ3v) is 5.38. The van der Waals surface area contributed by atoms with Gasteiger partial charge in [-0.1, -0.05) is 18.2 Å². The Hall–Kier alpha value is -2.00. The molecule has 1 saturated heterocycles. The quantitative estimate of drug-likeness (QED) is 0.863. The van der Waals surface area contributed by atoms with Crippen LogP contribution >= 0.6 is 0 Å². The van der Waals surface area contributed by atoms with Gasteiger partial charge in [-0.15, -0.1) is 0 Å². The molecule has 1 fully saturated rings. The summed E-state index contributed by atoms with van der Waals surface area (Å²) in [4.78, 5) is 0. The molecule has 0 saturated carbocycles. The van der Waals surface area contributed by atoms with Gasteiger partial charge in [0.15, 0.2) is 0 Å². The molecule has 0 aromatic heterocycles. The fourth-order valence-corrected chi connectivity index (χ4v) is 4.12. The lowest BCUT2D eigenvalue weighted by Gasteiger charge is -2.35. The molecule has 0 spiro atoms. The number of rotatable bonds is 3. The van der Waals surface area contributed by atoms with Crippen LogP contribution in [0.25, 0.3) is 0 Å². The van der Waals surface area contributed by atoms with Crippen LogP contribution in [-0.4, -0.2) is 27.4 Å². The second-order valence-corrected chi connectivity index (χ2v) is 6.46. The first-order chi connectivity index (χ1) is 11.3. The highest BCUT2D eigenvalue weighted by Gasteiger charge is 2.41. The normalized spacial score (nSPS) is 25.6. The summed E-state index contributed by atoms with van der Waals surface area (Å²) >= 11 is 0. The number of methoxy groups -OCH3 is 2. The number of benzene rings is 2. The fraction of sp³-hybridized carbons (Fsp3) is 0.400. The minimum atomic E-state index is 0.473. The molecule has 4 rings (SSSR count). The molecule has 1 aliphatic heterocycles. The van der Waals surface area contributed by atoms with E-state index in [2.05, 4.69) is 42.5 Å². The van der Waals surface area contributed by atoms with E-state index in [0.717, 1.165) is 31.1 Å². The van der Waals surface area contributed by atoms with E-state index < -0.39 is 0 Å². The zero-order chi connectivity index (χ0) is 15.8. The van der Waals surface area contributed by atoms with Gasteiger partial charge in [0.2, 0.25) is 0 Å². The molecule has 23 heavy (non-hydrogen) atoms. The molecule has 3 nitrogen and oxygen atoms in total. The Morgan fingerprint density at radius 3 is 2.35 bits per heavy atom. The molecule has 0 amide bonds. The van der Waals surface area contributed by atoms with E-state index >= 15 is 0 Å². The van der Waals surface area contributed by atoms with Gasteiger partial charge >= 0.3 is 0 Å². The monoisotopic (exact) mass is 310 g/mol. The maximum atomic E-state index is 5.85. The van der Waals surface area contributed by atoms with Gasteiger partial charge in [0, 0.05) is 5.92 Å². The zero-order valence-corrected chi connectivity index (χ0v) is 13.6. The van der Waals surface area contributed by atoms with E-state index in [1.54, 1.807) is 14.2 Å². The molecule has 2 aliphatic rings. The Morgan fingerprint density at radius 1 is 0.870 bits per heavy atom. The Balaban J connectivity index is 1.71. The first-order valence-corrected chi connectivity index (χ1v) is 8.18. The first-order valence-electron chi connectivity index (χ1n) is 8.18. The van der Waals surface area contributed by atoms with Gasteiger partial charge in [-0.2, -0.15) is 0 Å². The maximum absolute atomic E-state index is 5.85. The maximum Gasteiger partial charge on any atom is 0.119 e.